The van der Waals surface area contributed by atoms with Crippen LogP contribution >= 0.6 is 23.2 Å². The van der Waals surface area contributed by atoms with Crippen molar-refractivity contribution in [2.45, 2.75) is 31.1 Å². The Bertz CT molecular complexity index is 1520. The second-order valence-electron chi connectivity index (χ2n) is 8.62. The molecule has 0 saturated heterocycles. The molecule has 0 atom stereocenters. The number of aromatic nitrogens is 2. The lowest BCUT2D eigenvalue weighted by molar-refractivity contribution is -0.118. The number of carbonyl (C=O) groups excluding carboxylic acids is 1. The van der Waals surface area contributed by atoms with Crippen LogP contribution in [0.4, 0.5) is 11.4 Å². The fraction of sp³-hybridized carbons (Fsp3) is 0.192. The molecule has 198 valence electrons. The van der Waals surface area contributed by atoms with Gasteiger partial charge in [-0.2, -0.15) is 4.98 Å². The number of amides is 1. The number of rotatable bonds is 10. The third-order valence-corrected chi connectivity index (χ3v) is 7.17. The first-order chi connectivity index (χ1) is 18.1. The largest absolute Gasteiger partial charge is 0.482 e. The summed E-state index contributed by atoms with van der Waals surface area (Å²) in [6.07, 6.45) is 0.507. The fourth-order valence-corrected chi connectivity index (χ4v) is 4.81. The van der Waals surface area contributed by atoms with Crippen LogP contribution in [-0.2, 0) is 21.2 Å². The van der Waals surface area contributed by atoms with Gasteiger partial charge in [-0.25, -0.2) is 8.42 Å². The number of hydrogen-bond donors (Lipinski definition) is 2. The van der Waals surface area contributed by atoms with E-state index in [0.29, 0.717) is 34.5 Å². The zero-order valence-corrected chi connectivity index (χ0v) is 22.8. The molecule has 0 aliphatic rings. The molecule has 1 heterocycles. The zero-order chi connectivity index (χ0) is 27.3. The zero-order valence-electron chi connectivity index (χ0n) is 20.4. The topological polar surface area (TPSA) is 123 Å². The summed E-state index contributed by atoms with van der Waals surface area (Å²) in [6.45, 7) is 3.64. The average Bonchev–Trinajstić information content (AvgIpc) is 3.35. The molecule has 3 aromatic carbocycles. The Kier molecular flexibility index (Phi) is 8.55. The maximum Gasteiger partial charge on any atom is 0.262 e. The van der Waals surface area contributed by atoms with Gasteiger partial charge in [0.25, 0.3) is 15.9 Å². The number of nitrogens with zero attached hydrogens (tertiary/aromatic N) is 2. The van der Waals surface area contributed by atoms with E-state index in [1.54, 1.807) is 36.4 Å². The molecule has 1 aromatic heterocycles. The fourth-order valence-electron chi connectivity index (χ4n) is 3.30. The Morgan fingerprint density at radius 1 is 1.00 bits per heavy atom. The van der Waals surface area contributed by atoms with E-state index in [9.17, 15) is 13.2 Å². The highest BCUT2D eigenvalue weighted by molar-refractivity contribution is 7.92. The molecule has 38 heavy (non-hydrogen) atoms. The van der Waals surface area contributed by atoms with Crippen LogP contribution in [0.15, 0.2) is 76.1 Å². The number of nitrogens with one attached hydrogen (secondary N) is 2. The summed E-state index contributed by atoms with van der Waals surface area (Å²) in [6, 6.07) is 17.4. The lowest BCUT2D eigenvalue weighted by Crippen LogP contribution is -2.20. The summed E-state index contributed by atoms with van der Waals surface area (Å²) in [7, 11) is -3.89. The Labute approximate surface area is 230 Å². The van der Waals surface area contributed by atoms with Gasteiger partial charge >= 0.3 is 0 Å². The molecule has 1 amide bonds. The highest BCUT2D eigenvalue weighted by Gasteiger charge is 2.17. The van der Waals surface area contributed by atoms with Gasteiger partial charge in [0.05, 0.1) is 9.92 Å². The molecule has 12 heteroatoms. The van der Waals surface area contributed by atoms with Crippen LogP contribution < -0.4 is 14.8 Å². The van der Waals surface area contributed by atoms with Gasteiger partial charge in [0, 0.05) is 28.7 Å². The number of sulfonamides is 1. The molecule has 4 aromatic rings. The first kappa shape index (κ1) is 27.4. The van der Waals surface area contributed by atoms with Gasteiger partial charge in [0.15, 0.2) is 12.4 Å². The Hall–Kier alpha value is -3.60. The van der Waals surface area contributed by atoms with Gasteiger partial charge in [-0.3, -0.25) is 9.52 Å². The van der Waals surface area contributed by atoms with E-state index in [1.807, 2.05) is 26.0 Å². The monoisotopic (exact) mass is 574 g/mol. The Balaban J connectivity index is 1.30. The molecule has 2 N–H and O–H groups in total. The summed E-state index contributed by atoms with van der Waals surface area (Å²) >= 11 is 12.1. The van der Waals surface area contributed by atoms with Crippen molar-refractivity contribution in [3.05, 3.63) is 94.1 Å². The van der Waals surface area contributed by atoms with E-state index in [0.717, 1.165) is 5.56 Å². The van der Waals surface area contributed by atoms with Gasteiger partial charge in [-0.1, -0.05) is 54.3 Å². The maximum absolute atomic E-state index is 12.7. The minimum absolute atomic E-state index is 0.0447. The van der Waals surface area contributed by atoms with Gasteiger partial charge in [0.2, 0.25) is 5.89 Å². The summed E-state index contributed by atoms with van der Waals surface area (Å²) in [5.74, 6) is 1.11. The van der Waals surface area contributed by atoms with Crippen molar-refractivity contribution in [1.29, 1.82) is 0 Å². The molecular weight excluding hydrogens is 551 g/mol. The van der Waals surface area contributed by atoms with Crippen LogP contribution in [0.25, 0.3) is 0 Å². The smallest absolute Gasteiger partial charge is 0.262 e. The minimum atomic E-state index is -3.89. The van der Waals surface area contributed by atoms with E-state index >= 15 is 0 Å². The van der Waals surface area contributed by atoms with Crippen LogP contribution in [0.5, 0.6) is 5.75 Å². The first-order valence-corrected chi connectivity index (χ1v) is 13.7. The van der Waals surface area contributed by atoms with Crippen molar-refractivity contribution in [1.82, 2.24) is 10.1 Å². The van der Waals surface area contributed by atoms with Crippen LogP contribution in [0.1, 0.15) is 37.0 Å². The van der Waals surface area contributed by atoms with E-state index in [-0.39, 0.29) is 28.2 Å². The molecule has 0 bridgehead atoms. The standard InChI is InChI=1S/C26H24Cl2N4O5S/c1-16(2)26-30-24(31-37-26)13-17-3-7-19(8-4-17)29-25(33)15-36-23-12-11-21(14-22(23)28)38(34,35)32-20-9-5-18(27)6-10-20/h3-12,14,16,32H,13,15H2,1-2H3,(H,29,33). The van der Waals surface area contributed by atoms with Crippen molar-refractivity contribution < 1.29 is 22.5 Å². The molecule has 0 aliphatic carbocycles. The molecule has 0 fully saturated rings. The lowest BCUT2D eigenvalue weighted by Gasteiger charge is -2.12. The third kappa shape index (κ3) is 7.25. The number of ether oxygens (including phenoxy) is 1. The molecule has 0 saturated carbocycles. The molecule has 0 aliphatic heterocycles. The number of benzene rings is 3. The number of hydrogen-bond acceptors (Lipinski definition) is 7. The predicted octanol–water partition coefficient (Wildman–Crippen LogP) is 5.91. The SMILES string of the molecule is CC(C)c1nc(Cc2ccc(NC(=O)COc3ccc(S(=O)(=O)Nc4ccc(Cl)cc4)cc3Cl)cc2)no1. The quantitative estimate of drug-likeness (QED) is 0.241. The number of halogens is 2. The van der Waals surface area contributed by atoms with Crippen LogP contribution in [0, 0.1) is 0 Å². The van der Waals surface area contributed by atoms with Gasteiger partial charge in [0.1, 0.15) is 5.75 Å². The van der Waals surface area contributed by atoms with E-state index in [2.05, 4.69) is 20.2 Å². The van der Waals surface area contributed by atoms with Crippen molar-refractivity contribution in [2.75, 3.05) is 16.6 Å². The summed E-state index contributed by atoms with van der Waals surface area (Å²) < 4.78 is 38.5. The van der Waals surface area contributed by atoms with E-state index < -0.39 is 15.9 Å². The normalized spacial score (nSPS) is 11.4. The third-order valence-electron chi connectivity index (χ3n) is 5.25. The number of carbonyl (C=O) groups is 1. The van der Waals surface area contributed by atoms with Crippen LogP contribution in [0.2, 0.25) is 10.0 Å². The molecule has 0 unspecified atom stereocenters. The number of anilines is 2. The second-order valence-corrected chi connectivity index (χ2v) is 11.1. The van der Waals surface area contributed by atoms with Gasteiger partial charge < -0.3 is 14.6 Å². The van der Waals surface area contributed by atoms with Crippen molar-refractivity contribution in [2.24, 2.45) is 0 Å². The highest BCUT2D eigenvalue weighted by atomic mass is 35.5. The predicted molar refractivity (Wildman–Crippen MR) is 145 cm³/mol. The van der Waals surface area contributed by atoms with Crippen molar-refractivity contribution >= 4 is 50.5 Å². The average molecular weight is 575 g/mol. The summed E-state index contributed by atoms with van der Waals surface area (Å²) in [4.78, 5) is 16.7. The van der Waals surface area contributed by atoms with Crippen LogP contribution in [-0.4, -0.2) is 31.1 Å². The summed E-state index contributed by atoms with van der Waals surface area (Å²) in [5.41, 5.74) is 1.90. The van der Waals surface area contributed by atoms with Gasteiger partial charge in [-0.05, 0) is 60.2 Å². The van der Waals surface area contributed by atoms with Gasteiger partial charge in [-0.15, -0.1) is 0 Å². The molecule has 0 radical (unpaired) electrons. The molecule has 0 spiro atoms. The van der Waals surface area contributed by atoms with Crippen LogP contribution in [0.3, 0.4) is 0 Å². The van der Waals surface area contributed by atoms with E-state index in [1.165, 1.54) is 18.2 Å². The van der Waals surface area contributed by atoms with E-state index in [4.69, 9.17) is 32.5 Å². The summed E-state index contributed by atoms with van der Waals surface area (Å²) in [5, 5.41) is 7.25. The van der Waals surface area contributed by atoms with Crippen molar-refractivity contribution in [3.8, 4) is 5.75 Å². The minimum Gasteiger partial charge on any atom is -0.482 e. The second kappa shape index (κ2) is 11.8. The molecule has 9 nitrogen and oxygen atoms in total. The molecular formula is C26H24Cl2N4O5S. The Morgan fingerprint density at radius 3 is 2.32 bits per heavy atom. The first-order valence-electron chi connectivity index (χ1n) is 11.5. The Morgan fingerprint density at radius 2 is 1.68 bits per heavy atom. The highest BCUT2D eigenvalue weighted by Crippen LogP contribution is 2.28. The molecule has 4 rings (SSSR count). The van der Waals surface area contributed by atoms with Crippen molar-refractivity contribution in [3.63, 3.8) is 0 Å². The maximum atomic E-state index is 12.7. The lowest BCUT2D eigenvalue weighted by atomic mass is 10.1.